The summed E-state index contributed by atoms with van der Waals surface area (Å²) >= 11 is 0. The molecule has 24 heavy (non-hydrogen) atoms. The largest absolute Gasteiger partial charge is 0.508 e. The molecule has 2 rings (SSSR count). The summed E-state index contributed by atoms with van der Waals surface area (Å²) in [5, 5.41) is 17.2. The van der Waals surface area contributed by atoms with Crippen LogP contribution in [-0.2, 0) is 4.79 Å². The van der Waals surface area contributed by atoms with Gasteiger partial charge in [0.25, 0.3) is 0 Å². The van der Waals surface area contributed by atoms with Crippen LogP contribution >= 0.6 is 0 Å². The Balaban J connectivity index is 0.000000505. The van der Waals surface area contributed by atoms with Crippen molar-refractivity contribution in [2.45, 2.75) is 27.2 Å². The first-order chi connectivity index (χ1) is 11.3. The Bertz CT molecular complexity index is 725. The van der Waals surface area contributed by atoms with E-state index in [2.05, 4.69) is 37.8 Å². The third-order valence-corrected chi connectivity index (χ3v) is 3.42. The number of benzene rings is 2. The molecular weight excluding hydrogens is 300 g/mol. The zero-order valence-electron chi connectivity index (χ0n) is 14.4. The van der Waals surface area contributed by atoms with Crippen LogP contribution in [0.1, 0.15) is 35.6 Å². The highest BCUT2D eigenvalue weighted by Crippen LogP contribution is 2.22. The molecule has 0 aliphatic rings. The van der Waals surface area contributed by atoms with Crippen molar-refractivity contribution in [2.75, 3.05) is 0 Å². The number of carboxylic acids is 1. The maximum absolute atomic E-state index is 9.51. The van der Waals surface area contributed by atoms with E-state index >= 15 is 0 Å². The molecule has 126 valence electrons. The average Bonchev–Trinajstić information content (AvgIpc) is 2.57. The van der Waals surface area contributed by atoms with Crippen LogP contribution in [0.4, 0.5) is 0 Å². The second-order valence-corrected chi connectivity index (χ2v) is 5.52. The Morgan fingerprint density at radius 2 is 1.71 bits per heavy atom. The van der Waals surface area contributed by atoms with E-state index in [1.54, 1.807) is 13.0 Å². The van der Waals surface area contributed by atoms with Gasteiger partial charge in [0.2, 0.25) is 0 Å². The van der Waals surface area contributed by atoms with E-state index in [4.69, 9.17) is 5.11 Å². The topological polar surface area (TPSA) is 57.5 Å². The molecule has 3 heteroatoms. The number of allylic oxidation sites excluding steroid dienone is 2. The third-order valence-electron chi connectivity index (χ3n) is 3.42. The van der Waals surface area contributed by atoms with Crippen LogP contribution in [-0.4, -0.2) is 16.2 Å². The summed E-state index contributed by atoms with van der Waals surface area (Å²) < 4.78 is 0. The van der Waals surface area contributed by atoms with E-state index in [0.717, 1.165) is 22.3 Å². The normalized spacial score (nSPS) is 10.1. The lowest BCUT2D eigenvalue weighted by atomic mass is 10.0. The molecule has 0 atom stereocenters. The number of hydrogen-bond acceptors (Lipinski definition) is 2. The number of aromatic hydroxyl groups is 1. The Morgan fingerprint density at radius 3 is 2.21 bits per heavy atom. The molecule has 0 radical (unpaired) electrons. The van der Waals surface area contributed by atoms with Gasteiger partial charge in [-0.15, -0.1) is 0 Å². The molecule has 0 aliphatic heterocycles. The summed E-state index contributed by atoms with van der Waals surface area (Å²) in [5.41, 5.74) is 5.23. The summed E-state index contributed by atoms with van der Waals surface area (Å²) in [4.78, 5) is 9.37. The van der Waals surface area contributed by atoms with E-state index in [-0.39, 0.29) is 6.42 Å². The monoisotopic (exact) mass is 324 g/mol. The fourth-order valence-corrected chi connectivity index (χ4v) is 1.83. The van der Waals surface area contributed by atoms with Crippen molar-refractivity contribution in [1.82, 2.24) is 0 Å². The second kappa shape index (κ2) is 9.36. The first-order valence-electron chi connectivity index (χ1n) is 7.79. The van der Waals surface area contributed by atoms with Gasteiger partial charge in [0, 0.05) is 6.42 Å². The highest BCUT2D eigenvalue weighted by atomic mass is 16.4. The van der Waals surface area contributed by atoms with Crippen LogP contribution in [0.15, 0.2) is 55.1 Å². The molecule has 3 nitrogen and oxygen atoms in total. The van der Waals surface area contributed by atoms with Crippen molar-refractivity contribution in [3.8, 4) is 5.75 Å². The number of aryl methyl sites for hydroxylation is 2. The minimum Gasteiger partial charge on any atom is -0.508 e. The predicted molar refractivity (Wildman–Crippen MR) is 100 cm³/mol. The number of phenolic OH excluding ortho intramolecular Hbond substituents is 1. The van der Waals surface area contributed by atoms with Crippen molar-refractivity contribution >= 4 is 17.6 Å². The number of hydrogen-bond donors (Lipinski definition) is 2. The van der Waals surface area contributed by atoms with E-state index < -0.39 is 5.97 Å². The maximum Gasteiger partial charge on any atom is 0.303 e. The molecule has 2 aromatic rings. The molecule has 0 amide bonds. The van der Waals surface area contributed by atoms with Gasteiger partial charge in [-0.05, 0) is 48.2 Å². The van der Waals surface area contributed by atoms with Crippen LogP contribution in [0.25, 0.3) is 11.6 Å². The van der Waals surface area contributed by atoms with Crippen molar-refractivity contribution < 1.29 is 15.0 Å². The lowest BCUT2D eigenvalue weighted by Crippen LogP contribution is -1.86. The van der Waals surface area contributed by atoms with Gasteiger partial charge >= 0.3 is 5.97 Å². The van der Waals surface area contributed by atoms with Crippen molar-refractivity contribution in [2.24, 2.45) is 0 Å². The zero-order valence-corrected chi connectivity index (χ0v) is 14.4. The molecule has 2 N–H and O–H groups in total. The standard InChI is InChI=1S/C18H18O.C3H6O2/c1-13-4-7-16(8-5-13)9-6-14(2)17-10-11-18(19)15(3)12-17;1-2-3(4)5/h4-12,19H,2H2,1,3H3;2H2,1H3,(H,4,5)/b9-6+;. The smallest absolute Gasteiger partial charge is 0.303 e. The fraction of sp³-hybridized carbons (Fsp3) is 0.190. The molecule has 0 unspecified atom stereocenters. The number of carbonyl (C=O) groups is 1. The van der Waals surface area contributed by atoms with Gasteiger partial charge in [0.15, 0.2) is 0 Å². The van der Waals surface area contributed by atoms with E-state index in [1.165, 1.54) is 5.56 Å². The van der Waals surface area contributed by atoms with E-state index in [1.807, 2.05) is 31.2 Å². The maximum atomic E-state index is 9.51. The van der Waals surface area contributed by atoms with Gasteiger partial charge in [-0.3, -0.25) is 4.79 Å². The van der Waals surface area contributed by atoms with Crippen LogP contribution < -0.4 is 0 Å². The minimum absolute atomic E-state index is 0.222. The summed E-state index contributed by atoms with van der Waals surface area (Å²) in [5.74, 6) is -0.427. The number of aliphatic carboxylic acids is 1. The molecule has 0 saturated heterocycles. The first-order valence-corrected chi connectivity index (χ1v) is 7.79. The molecule has 0 fully saturated rings. The lowest BCUT2D eigenvalue weighted by molar-refractivity contribution is -0.136. The van der Waals surface area contributed by atoms with Crippen LogP contribution in [0, 0.1) is 13.8 Å². The van der Waals surface area contributed by atoms with Gasteiger partial charge in [0.05, 0.1) is 0 Å². The number of rotatable bonds is 4. The molecule has 0 bridgehead atoms. The highest BCUT2D eigenvalue weighted by Gasteiger charge is 1.99. The van der Waals surface area contributed by atoms with Gasteiger partial charge in [-0.25, -0.2) is 0 Å². The molecule has 0 heterocycles. The third kappa shape index (κ3) is 6.53. The van der Waals surface area contributed by atoms with Crippen LogP contribution in [0.5, 0.6) is 5.75 Å². The van der Waals surface area contributed by atoms with Crippen molar-refractivity contribution in [3.63, 3.8) is 0 Å². The molecule has 0 aliphatic carbocycles. The van der Waals surface area contributed by atoms with Crippen LogP contribution in [0.2, 0.25) is 0 Å². The summed E-state index contributed by atoms with van der Waals surface area (Å²) in [7, 11) is 0. The molecule has 0 spiro atoms. The number of carboxylic acid groups (broad SMARTS) is 1. The quantitative estimate of drug-likeness (QED) is 0.758. The van der Waals surface area contributed by atoms with E-state index in [0.29, 0.717) is 5.75 Å². The van der Waals surface area contributed by atoms with Gasteiger partial charge in [0.1, 0.15) is 5.75 Å². The molecule has 0 aromatic heterocycles. The molecule has 0 saturated carbocycles. The van der Waals surface area contributed by atoms with Gasteiger partial charge in [-0.2, -0.15) is 0 Å². The summed E-state index contributed by atoms with van der Waals surface area (Å²) in [6.07, 6.45) is 4.26. The van der Waals surface area contributed by atoms with Crippen molar-refractivity contribution in [3.05, 3.63) is 77.4 Å². The molecular formula is C21H24O3. The Labute approximate surface area is 143 Å². The summed E-state index contributed by atoms with van der Waals surface area (Å²) in [6.45, 7) is 9.62. The fourth-order valence-electron chi connectivity index (χ4n) is 1.83. The van der Waals surface area contributed by atoms with Gasteiger partial charge in [-0.1, -0.05) is 61.5 Å². The van der Waals surface area contributed by atoms with Crippen molar-refractivity contribution in [1.29, 1.82) is 0 Å². The Kier molecular flexibility index (Phi) is 7.50. The first kappa shape index (κ1) is 19.2. The van der Waals surface area contributed by atoms with E-state index in [9.17, 15) is 9.90 Å². The van der Waals surface area contributed by atoms with Crippen LogP contribution in [0.3, 0.4) is 0 Å². The highest BCUT2D eigenvalue weighted by molar-refractivity contribution is 5.77. The predicted octanol–water partition coefficient (Wildman–Crippen LogP) is 5.22. The Hall–Kier alpha value is -2.81. The zero-order chi connectivity index (χ0) is 18.1. The Morgan fingerprint density at radius 1 is 1.12 bits per heavy atom. The molecule has 2 aromatic carbocycles. The minimum atomic E-state index is -0.745. The summed E-state index contributed by atoms with van der Waals surface area (Å²) in [6, 6.07) is 13.9. The lowest BCUT2D eigenvalue weighted by Gasteiger charge is -2.04. The average molecular weight is 324 g/mol. The SMILES string of the molecule is C=C(/C=C/c1ccc(C)cc1)c1ccc(O)c(C)c1.CCC(=O)O. The second-order valence-electron chi connectivity index (χ2n) is 5.52. The number of phenols is 1. The van der Waals surface area contributed by atoms with Gasteiger partial charge < -0.3 is 10.2 Å².